The number of non-ortho nitro benzene ring substituents is 1. The summed E-state index contributed by atoms with van der Waals surface area (Å²) in [5, 5.41) is 10.5. The van der Waals surface area contributed by atoms with Crippen LogP contribution < -0.4 is 4.18 Å². The van der Waals surface area contributed by atoms with Crippen molar-refractivity contribution in [1.82, 2.24) is 0 Å². The average molecular weight is 342 g/mol. The first-order chi connectivity index (χ1) is 10.3. The van der Waals surface area contributed by atoms with Gasteiger partial charge in [0.15, 0.2) is 5.75 Å². The van der Waals surface area contributed by atoms with Crippen LogP contribution >= 0.6 is 11.6 Å². The van der Waals surface area contributed by atoms with Gasteiger partial charge >= 0.3 is 10.1 Å². The van der Waals surface area contributed by atoms with Gasteiger partial charge in [0.05, 0.1) is 9.95 Å². The van der Waals surface area contributed by atoms with Gasteiger partial charge in [-0.3, -0.25) is 10.1 Å². The number of benzene rings is 2. The Hall–Kier alpha value is -2.12. The summed E-state index contributed by atoms with van der Waals surface area (Å²) in [5.74, 6) is -0.451. The molecule has 0 aromatic heterocycles. The van der Waals surface area contributed by atoms with Crippen LogP contribution in [0.2, 0.25) is 5.02 Å². The van der Waals surface area contributed by atoms with E-state index < -0.39 is 15.0 Å². The Morgan fingerprint density at radius 3 is 2.50 bits per heavy atom. The van der Waals surface area contributed by atoms with Crippen LogP contribution in [0, 0.1) is 17.0 Å². The van der Waals surface area contributed by atoms with Crippen molar-refractivity contribution < 1.29 is 17.5 Å². The molecule has 0 aliphatic carbocycles. The van der Waals surface area contributed by atoms with Crippen LogP contribution in [0.5, 0.6) is 5.75 Å². The van der Waals surface area contributed by atoms with Gasteiger partial charge in [0.1, 0.15) is 5.75 Å². The number of aryl methyl sites for hydroxylation is 1. The van der Waals surface area contributed by atoms with Gasteiger partial charge in [-0.05, 0) is 24.1 Å². The minimum Gasteiger partial charge on any atom is -0.381 e. The zero-order chi connectivity index (χ0) is 16.3. The lowest BCUT2D eigenvalue weighted by Gasteiger charge is -2.09. The number of nitrogens with zero attached hydrogens (tertiary/aromatic N) is 1. The van der Waals surface area contributed by atoms with Crippen molar-refractivity contribution in [2.75, 3.05) is 0 Å². The molecule has 0 bridgehead atoms. The molecule has 0 spiro atoms. The lowest BCUT2D eigenvalue weighted by atomic mass is 10.1. The molecule has 0 saturated heterocycles. The minimum absolute atomic E-state index is 0.137. The molecule has 2 aromatic rings. The summed E-state index contributed by atoms with van der Waals surface area (Å²) in [6.07, 6.45) is 0. The maximum absolute atomic E-state index is 12.1. The van der Waals surface area contributed by atoms with Crippen LogP contribution in [0.3, 0.4) is 0 Å². The molecule has 2 rings (SSSR count). The molecule has 0 saturated carbocycles. The standard InChI is InChI=1S/C14H12ClNO5S/c1-10-4-2-3-5-11(10)9-22(19,20)21-14-7-6-12(16(17)18)8-13(14)15/h2-8H,9H2,1H3. The number of nitro benzene ring substituents is 1. The van der Waals surface area contributed by atoms with E-state index in [1.54, 1.807) is 31.2 Å². The van der Waals surface area contributed by atoms with Crippen molar-refractivity contribution in [3.8, 4) is 5.75 Å². The summed E-state index contributed by atoms with van der Waals surface area (Å²) in [6.45, 7) is 1.80. The van der Waals surface area contributed by atoms with Gasteiger partial charge in [0, 0.05) is 12.1 Å². The van der Waals surface area contributed by atoms with E-state index in [0.29, 0.717) is 5.56 Å². The molecule has 0 heterocycles. The first kappa shape index (κ1) is 16.3. The second-order valence-electron chi connectivity index (χ2n) is 4.58. The predicted molar refractivity (Wildman–Crippen MR) is 82.5 cm³/mol. The van der Waals surface area contributed by atoms with E-state index in [-0.39, 0.29) is 22.2 Å². The molecule has 2 aromatic carbocycles. The molecule has 6 nitrogen and oxygen atoms in total. The molecule has 0 radical (unpaired) electrons. The van der Waals surface area contributed by atoms with E-state index in [1.807, 2.05) is 0 Å². The highest BCUT2D eigenvalue weighted by Gasteiger charge is 2.19. The molecule has 8 heteroatoms. The van der Waals surface area contributed by atoms with Crippen LogP contribution in [0.4, 0.5) is 5.69 Å². The van der Waals surface area contributed by atoms with Gasteiger partial charge in [-0.1, -0.05) is 35.9 Å². The first-order valence-corrected chi connectivity index (χ1v) is 8.14. The van der Waals surface area contributed by atoms with Crippen molar-refractivity contribution in [2.45, 2.75) is 12.7 Å². The summed E-state index contributed by atoms with van der Waals surface area (Å²) in [7, 11) is -3.92. The second-order valence-corrected chi connectivity index (χ2v) is 6.56. The van der Waals surface area contributed by atoms with E-state index in [0.717, 1.165) is 23.8 Å². The fourth-order valence-corrected chi connectivity index (χ4v) is 3.24. The van der Waals surface area contributed by atoms with E-state index in [9.17, 15) is 18.5 Å². The molecule has 0 atom stereocenters. The van der Waals surface area contributed by atoms with E-state index >= 15 is 0 Å². The third-order valence-corrected chi connectivity index (χ3v) is 4.33. The summed E-state index contributed by atoms with van der Waals surface area (Å²) >= 11 is 5.82. The predicted octanol–water partition coefficient (Wildman–Crippen LogP) is 3.47. The van der Waals surface area contributed by atoms with Crippen LogP contribution in [-0.4, -0.2) is 13.3 Å². The number of hydrogen-bond donors (Lipinski definition) is 0. The highest BCUT2D eigenvalue weighted by Crippen LogP contribution is 2.30. The number of hydrogen-bond acceptors (Lipinski definition) is 5. The van der Waals surface area contributed by atoms with Crippen molar-refractivity contribution >= 4 is 27.4 Å². The van der Waals surface area contributed by atoms with Gasteiger partial charge < -0.3 is 4.18 Å². The number of halogens is 1. The maximum Gasteiger partial charge on any atom is 0.313 e. The molecule has 22 heavy (non-hydrogen) atoms. The molecular formula is C14H12ClNO5S. The molecule has 0 amide bonds. The average Bonchev–Trinajstić information content (AvgIpc) is 2.43. The lowest BCUT2D eigenvalue weighted by molar-refractivity contribution is -0.384. The highest BCUT2D eigenvalue weighted by molar-refractivity contribution is 7.86. The highest BCUT2D eigenvalue weighted by atomic mass is 35.5. The van der Waals surface area contributed by atoms with Crippen LogP contribution in [-0.2, 0) is 15.9 Å². The van der Waals surface area contributed by atoms with Crippen LogP contribution in [0.25, 0.3) is 0 Å². The molecule has 0 aliphatic rings. The topological polar surface area (TPSA) is 86.5 Å². The zero-order valence-corrected chi connectivity index (χ0v) is 13.1. The van der Waals surface area contributed by atoms with E-state index in [1.165, 1.54) is 0 Å². The Kier molecular flexibility index (Phi) is 4.68. The maximum atomic E-state index is 12.1. The second kappa shape index (κ2) is 6.33. The van der Waals surface area contributed by atoms with Gasteiger partial charge in [-0.15, -0.1) is 0 Å². The van der Waals surface area contributed by atoms with E-state index in [4.69, 9.17) is 15.8 Å². The Balaban J connectivity index is 2.22. The first-order valence-electron chi connectivity index (χ1n) is 6.19. The van der Waals surface area contributed by atoms with Gasteiger partial charge in [0.25, 0.3) is 5.69 Å². The fourth-order valence-electron chi connectivity index (χ4n) is 1.80. The van der Waals surface area contributed by atoms with Gasteiger partial charge in [-0.2, -0.15) is 8.42 Å². The van der Waals surface area contributed by atoms with Crippen LogP contribution in [0.1, 0.15) is 11.1 Å². The molecule has 0 unspecified atom stereocenters. The van der Waals surface area contributed by atoms with Gasteiger partial charge in [0.2, 0.25) is 0 Å². The summed E-state index contributed by atoms with van der Waals surface area (Å²) in [6, 6.07) is 10.4. The Morgan fingerprint density at radius 2 is 1.91 bits per heavy atom. The third-order valence-electron chi connectivity index (χ3n) is 2.94. The lowest BCUT2D eigenvalue weighted by Crippen LogP contribution is -2.13. The monoisotopic (exact) mass is 341 g/mol. The summed E-state index contributed by atoms with van der Waals surface area (Å²) in [5.41, 5.74) is 1.19. The third kappa shape index (κ3) is 3.96. The van der Waals surface area contributed by atoms with E-state index in [2.05, 4.69) is 0 Å². The molecular weight excluding hydrogens is 330 g/mol. The van der Waals surface area contributed by atoms with Crippen molar-refractivity contribution in [3.05, 3.63) is 68.7 Å². The normalized spacial score (nSPS) is 11.2. The largest absolute Gasteiger partial charge is 0.381 e. The van der Waals surface area contributed by atoms with Crippen LogP contribution in [0.15, 0.2) is 42.5 Å². The molecule has 0 fully saturated rings. The SMILES string of the molecule is Cc1ccccc1CS(=O)(=O)Oc1ccc([N+](=O)[O-])cc1Cl. The molecule has 116 valence electrons. The Morgan fingerprint density at radius 1 is 1.23 bits per heavy atom. The smallest absolute Gasteiger partial charge is 0.313 e. The quantitative estimate of drug-likeness (QED) is 0.472. The summed E-state index contributed by atoms with van der Waals surface area (Å²) in [4.78, 5) is 9.99. The summed E-state index contributed by atoms with van der Waals surface area (Å²) < 4.78 is 29.1. The van der Waals surface area contributed by atoms with Crippen molar-refractivity contribution in [1.29, 1.82) is 0 Å². The Labute approximate surface area is 132 Å². The van der Waals surface area contributed by atoms with Gasteiger partial charge in [-0.25, -0.2) is 0 Å². The number of rotatable bonds is 5. The zero-order valence-electron chi connectivity index (χ0n) is 11.5. The minimum atomic E-state index is -3.92. The van der Waals surface area contributed by atoms with Crippen molar-refractivity contribution in [2.24, 2.45) is 0 Å². The molecule has 0 N–H and O–H groups in total. The fraction of sp³-hybridized carbons (Fsp3) is 0.143. The Bertz CT molecular complexity index is 820. The molecule has 0 aliphatic heterocycles. The number of nitro groups is 1. The van der Waals surface area contributed by atoms with Crippen molar-refractivity contribution in [3.63, 3.8) is 0 Å².